The molecule has 0 saturated carbocycles. The second kappa shape index (κ2) is 7.17. The first-order valence-corrected chi connectivity index (χ1v) is 9.77. The molecule has 2 aromatic heterocycles. The lowest BCUT2D eigenvalue weighted by Crippen LogP contribution is -2.50. The van der Waals surface area contributed by atoms with Crippen LogP contribution < -0.4 is 5.32 Å². The van der Waals surface area contributed by atoms with Crippen molar-refractivity contribution < 1.29 is 14.0 Å². The van der Waals surface area contributed by atoms with Gasteiger partial charge in [-0.05, 0) is 37.9 Å². The van der Waals surface area contributed by atoms with Gasteiger partial charge in [0.2, 0.25) is 5.91 Å². The molecule has 2 aliphatic rings. The van der Waals surface area contributed by atoms with Crippen LogP contribution in [0, 0.1) is 5.92 Å². The van der Waals surface area contributed by atoms with Gasteiger partial charge in [-0.3, -0.25) is 9.59 Å². The Hall–Kier alpha value is -1.86. The van der Waals surface area contributed by atoms with Gasteiger partial charge in [0, 0.05) is 38.7 Å². The van der Waals surface area contributed by atoms with E-state index in [4.69, 9.17) is 4.42 Å². The smallest absolute Gasteiger partial charge is 0.264 e. The van der Waals surface area contributed by atoms with Gasteiger partial charge in [-0.25, -0.2) is 0 Å². The molecule has 134 valence electrons. The van der Waals surface area contributed by atoms with Crippen LogP contribution in [-0.2, 0) is 4.79 Å². The van der Waals surface area contributed by atoms with Gasteiger partial charge < -0.3 is 19.5 Å². The molecule has 4 rings (SSSR count). The lowest BCUT2D eigenvalue weighted by Gasteiger charge is -2.34. The van der Waals surface area contributed by atoms with E-state index in [0.29, 0.717) is 43.4 Å². The third-order valence-corrected chi connectivity index (χ3v) is 6.27. The molecule has 0 aliphatic carbocycles. The van der Waals surface area contributed by atoms with Gasteiger partial charge in [0.1, 0.15) is 5.58 Å². The van der Waals surface area contributed by atoms with Crippen LogP contribution in [0.25, 0.3) is 10.3 Å². The van der Waals surface area contributed by atoms with Crippen LogP contribution in [-0.4, -0.2) is 60.9 Å². The van der Waals surface area contributed by atoms with Crippen molar-refractivity contribution in [3.05, 3.63) is 23.3 Å². The van der Waals surface area contributed by atoms with Crippen LogP contribution in [0.1, 0.15) is 28.9 Å². The molecule has 2 fully saturated rings. The van der Waals surface area contributed by atoms with E-state index in [9.17, 15) is 9.59 Å². The molecule has 2 aromatic rings. The molecule has 1 N–H and O–H groups in total. The van der Waals surface area contributed by atoms with Crippen LogP contribution in [0.4, 0.5) is 0 Å². The van der Waals surface area contributed by atoms with Crippen LogP contribution in [0.2, 0.25) is 0 Å². The topological polar surface area (TPSA) is 65.8 Å². The van der Waals surface area contributed by atoms with E-state index in [2.05, 4.69) is 5.32 Å². The summed E-state index contributed by atoms with van der Waals surface area (Å²) < 4.78 is 6.33. The number of nitrogens with one attached hydrogen (secondary N) is 1. The molecule has 0 aromatic carbocycles. The Balaban J connectivity index is 1.27. The molecule has 2 aliphatic heterocycles. The van der Waals surface area contributed by atoms with Crippen LogP contribution >= 0.6 is 11.3 Å². The average molecular weight is 361 g/mol. The average Bonchev–Trinajstić information content (AvgIpc) is 3.36. The third kappa shape index (κ3) is 3.57. The number of amides is 2. The molecule has 0 bridgehead atoms. The number of carbonyl (C=O) groups excluding carboxylic acids is 2. The molecule has 25 heavy (non-hydrogen) atoms. The first kappa shape index (κ1) is 16.6. The maximum absolute atomic E-state index is 12.6. The first-order chi connectivity index (χ1) is 12.2. The van der Waals surface area contributed by atoms with E-state index in [0.717, 1.165) is 29.8 Å². The van der Waals surface area contributed by atoms with Gasteiger partial charge in [-0.15, -0.1) is 11.3 Å². The number of furan rings is 1. The Labute approximate surface area is 150 Å². The standard InChI is InChI=1S/C18H23N3O3S/c22-17(2-1-13-3-5-19-12-13)20-6-8-21(9-7-20)18(23)16-11-14-15(25-16)4-10-24-14/h4,10-11,13,19H,1-3,5-9,12H2. The van der Waals surface area contributed by atoms with E-state index in [1.54, 1.807) is 6.26 Å². The minimum Gasteiger partial charge on any atom is -0.463 e. The summed E-state index contributed by atoms with van der Waals surface area (Å²) in [5.74, 6) is 0.914. The Bertz CT molecular complexity index is 726. The van der Waals surface area contributed by atoms with Crippen molar-refractivity contribution in [1.82, 2.24) is 15.1 Å². The predicted octanol–water partition coefficient (Wildman–Crippen LogP) is 2.17. The second-order valence-electron chi connectivity index (χ2n) is 6.83. The Morgan fingerprint density at radius 1 is 1.24 bits per heavy atom. The summed E-state index contributed by atoms with van der Waals surface area (Å²) in [6.07, 6.45) is 4.42. The van der Waals surface area contributed by atoms with Gasteiger partial charge in [0.05, 0.1) is 15.8 Å². The van der Waals surface area contributed by atoms with E-state index >= 15 is 0 Å². The molecule has 1 atom stereocenters. The van der Waals surface area contributed by atoms with Crippen molar-refractivity contribution in [3.63, 3.8) is 0 Å². The fraction of sp³-hybridized carbons (Fsp3) is 0.556. The van der Waals surface area contributed by atoms with E-state index in [1.807, 2.05) is 21.9 Å². The molecular weight excluding hydrogens is 338 g/mol. The van der Waals surface area contributed by atoms with Crippen LogP contribution in [0.15, 0.2) is 22.8 Å². The molecule has 2 saturated heterocycles. The number of fused-ring (bicyclic) bond motifs is 1. The number of hydrogen-bond acceptors (Lipinski definition) is 5. The third-order valence-electron chi connectivity index (χ3n) is 5.20. The van der Waals surface area contributed by atoms with Crippen LogP contribution in [0.3, 0.4) is 0 Å². The van der Waals surface area contributed by atoms with E-state index < -0.39 is 0 Å². The summed E-state index contributed by atoms with van der Waals surface area (Å²) in [5.41, 5.74) is 0.767. The highest BCUT2D eigenvalue weighted by Crippen LogP contribution is 2.27. The Kier molecular flexibility index (Phi) is 4.76. The zero-order chi connectivity index (χ0) is 17.2. The van der Waals surface area contributed by atoms with Gasteiger partial charge in [0.25, 0.3) is 5.91 Å². The predicted molar refractivity (Wildman–Crippen MR) is 96.8 cm³/mol. The lowest BCUT2D eigenvalue weighted by molar-refractivity contribution is -0.132. The van der Waals surface area contributed by atoms with Crippen molar-refractivity contribution in [2.24, 2.45) is 5.92 Å². The number of carbonyl (C=O) groups is 2. The Morgan fingerprint density at radius 3 is 2.76 bits per heavy atom. The van der Waals surface area contributed by atoms with E-state index in [-0.39, 0.29) is 11.8 Å². The summed E-state index contributed by atoms with van der Waals surface area (Å²) in [6.45, 7) is 4.60. The first-order valence-electron chi connectivity index (χ1n) is 8.95. The van der Waals surface area contributed by atoms with Crippen molar-refractivity contribution in [2.45, 2.75) is 19.3 Å². The minimum absolute atomic E-state index is 0.0422. The van der Waals surface area contributed by atoms with Crippen molar-refractivity contribution in [2.75, 3.05) is 39.3 Å². The maximum atomic E-state index is 12.6. The molecule has 6 nitrogen and oxygen atoms in total. The highest BCUT2D eigenvalue weighted by Gasteiger charge is 2.26. The van der Waals surface area contributed by atoms with Crippen molar-refractivity contribution >= 4 is 33.4 Å². The SMILES string of the molecule is O=C(CCC1CCNC1)N1CCN(C(=O)c2cc3occc3s2)CC1. The number of thiophene rings is 1. The number of rotatable bonds is 4. The fourth-order valence-corrected chi connectivity index (χ4v) is 4.58. The molecular formula is C18H23N3O3S. The van der Waals surface area contributed by atoms with Crippen LogP contribution in [0.5, 0.6) is 0 Å². The number of nitrogens with zero attached hydrogens (tertiary/aromatic N) is 2. The summed E-state index contributed by atoms with van der Waals surface area (Å²) in [4.78, 5) is 29.5. The quantitative estimate of drug-likeness (QED) is 0.906. The van der Waals surface area contributed by atoms with E-state index in [1.165, 1.54) is 17.8 Å². The molecule has 0 radical (unpaired) electrons. The maximum Gasteiger partial charge on any atom is 0.264 e. The zero-order valence-corrected chi connectivity index (χ0v) is 15.0. The van der Waals surface area contributed by atoms with Gasteiger partial charge in [0.15, 0.2) is 0 Å². The highest BCUT2D eigenvalue weighted by atomic mass is 32.1. The van der Waals surface area contributed by atoms with Gasteiger partial charge in [-0.2, -0.15) is 0 Å². The minimum atomic E-state index is 0.0422. The Morgan fingerprint density at radius 2 is 2.04 bits per heavy atom. The summed E-state index contributed by atoms with van der Waals surface area (Å²) >= 11 is 1.46. The monoisotopic (exact) mass is 361 g/mol. The summed E-state index contributed by atoms with van der Waals surface area (Å²) in [5, 5.41) is 3.34. The number of hydrogen-bond donors (Lipinski definition) is 1. The summed E-state index contributed by atoms with van der Waals surface area (Å²) in [7, 11) is 0. The van der Waals surface area contributed by atoms with Crippen molar-refractivity contribution in [1.29, 1.82) is 0 Å². The lowest BCUT2D eigenvalue weighted by atomic mass is 10.0. The molecule has 1 unspecified atom stereocenters. The summed E-state index contributed by atoms with van der Waals surface area (Å²) in [6, 6.07) is 3.70. The largest absolute Gasteiger partial charge is 0.463 e. The van der Waals surface area contributed by atoms with Gasteiger partial charge >= 0.3 is 0 Å². The highest BCUT2D eigenvalue weighted by molar-refractivity contribution is 7.20. The second-order valence-corrected chi connectivity index (χ2v) is 7.91. The fourth-order valence-electron chi connectivity index (χ4n) is 3.63. The molecule has 2 amide bonds. The van der Waals surface area contributed by atoms with Gasteiger partial charge in [-0.1, -0.05) is 0 Å². The van der Waals surface area contributed by atoms with Crippen molar-refractivity contribution in [3.8, 4) is 0 Å². The normalized spacial score (nSPS) is 21.2. The molecule has 4 heterocycles. The zero-order valence-electron chi connectivity index (χ0n) is 14.2. The number of piperazine rings is 1. The molecule has 0 spiro atoms. The molecule has 7 heteroatoms.